The van der Waals surface area contributed by atoms with Crippen molar-refractivity contribution < 1.29 is 24.5 Å². The number of ether oxygens (including phenoxy) is 1. The summed E-state index contributed by atoms with van der Waals surface area (Å²) in [4.78, 5) is 24.6. The highest BCUT2D eigenvalue weighted by Gasteiger charge is 2.20. The van der Waals surface area contributed by atoms with Gasteiger partial charge in [-0.25, -0.2) is 0 Å². The zero-order valence-corrected chi connectivity index (χ0v) is 48.9. The number of nitrogens with one attached hydrogen (secondary N) is 1. The minimum Gasteiger partial charge on any atom is -0.466 e. The van der Waals surface area contributed by atoms with Crippen LogP contribution in [0.5, 0.6) is 0 Å². The molecule has 2 atom stereocenters. The van der Waals surface area contributed by atoms with E-state index in [2.05, 4.69) is 31.3 Å². The number of carbonyl (C=O) groups excluding carboxylic acids is 2. The van der Waals surface area contributed by atoms with Gasteiger partial charge < -0.3 is 20.3 Å². The van der Waals surface area contributed by atoms with Gasteiger partial charge in [-0.15, -0.1) is 0 Å². The van der Waals surface area contributed by atoms with Crippen molar-refractivity contribution in [3.63, 3.8) is 0 Å². The number of hydrogen-bond donors (Lipinski definition) is 3. The van der Waals surface area contributed by atoms with Gasteiger partial charge in [0.2, 0.25) is 5.91 Å². The van der Waals surface area contributed by atoms with E-state index in [9.17, 15) is 19.8 Å². The predicted octanol–water partition coefficient (Wildman–Crippen LogP) is 20.8. The fraction of sp³-hybridized carbons (Fsp3) is 0.939. The molecule has 72 heavy (non-hydrogen) atoms. The Balaban J connectivity index is 3.44. The number of allylic oxidation sites excluding steroid dienone is 2. The largest absolute Gasteiger partial charge is 0.466 e. The zero-order chi connectivity index (χ0) is 52.2. The maximum absolute atomic E-state index is 12.5. The minimum atomic E-state index is -0.673. The third-order valence-corrected chi connectivity index (χ3v) is 15.6. The fourth-order valence-corrected chi connectivity index (χ4v) is 10.5. The Bertz CT molecular complexity index is 1080. The average Bonchev–Trinajstić information content (AvgIpc) is 3.38. The summed E-state index contributed by atoms with van der Waals surface area (Å²) in [5.41, 5.74) is 0. The summed E-state index contributed by atoms with van der Waals surface area (Å²) in [7, 11) is 0. The molecule has 0 saturated heterocycles. The number of unbranched alkanes of at least 4 members (excludes halogenated alkanes) is 49. The van der Waals surface area contributed by atoms with Gasteiger partial charge in [0.05, 0.1) is 25.4 Å². The molecule has 428 valence electrons. The van der Waals surface area contributed by atoms with Crippen LogP contribution in [-0.4, -0.2) is 47.4 Å². The summed E-state index contributed by atoms with van der Waals surface area (Å²) in [6.07, 6.45) is 75.2. The Morgan fingerprint density at radius 2 is 0.653 bits per heavy atom. The van der Waals surface area contributed by atoms with Gasteiger partial charge in [0.15, 0.2) is 0 Å². The Labute approximate surface area is 450 Å². The number of carbonyl (C=O) groups is 2. The zero-order valence-electron chi connectivity index (χ0n) is 48.9. The average molecular weight is 1020 g/mol. The van der Waals surface area contributed by atoms with Crippen LogP contribution in [0.1, 0.15) is 373 Å². The minimum absolute atomic E-state index is 0.000982. The molecule has 0 aromatic heterocycles. The first-order valence-electron chi connectivity index (χ1n) is 32.9. The van der Waals surface area contributed by atoms with E-state index in [1.54, 1.807) is 0 Å². The van der Waals surface area contributed by atoms with E-state index in [0.29, 0.717) is 25.9 Å². The summed E-state index contributed by atoms with van der Waals surface area (Å²) in [5, 5.41) is 23.4. The van der Waals surface area contributed by atoms with Gasteiger partial charge in [0.25, 0.3) is 0 Å². The molecule has 0 bridgehead atoms. The summed E-state index contributed by atoms with van der Waals surface area (Å²) in [6, 6.07) is -0.551. The molecule has 3 N–H and O–H groups in total. The molecule has 0 aromatic carbocycles. The van der Waals surface area contributed by atoms with Crippen LogP contribution in [0.2, 0.25) is 0 Å². The molecule has 0 aliphatic heterocycles. The van der Waals surface area contributed by atoms with Crippen molar-refractivity contribution in [3.05, 3.63) is 12.2 Å². The number of amides is 1. The lowest BCUT2D eigenvalue weighted by Crippen LogP contribution is -2.45. The van der Waals surface area contributed by atoms with E-state index in [0.717, 1.165) is 51.4 Å². The van der Waals surface area contributed by atoms with Crippen LogP contribution in [0.3, 0.4) is 0 Å². The lowest BCUT2D eigenvalue weighted by molar-refractivity contribution is -0.143. The van der Waals surface area contributed by atoms with Crippen LogP contribution < -0.4 is 5.32 Å². The van der Waals surface area contributed by atoms with Crippen molar-refractivity contribution in [2.24, 2.45) is 0 Å². The Morgan fingerprint density at radius 3 is 0.986 bits per heavy atom. The van der Waals surface area contributed by atoms with E-state index in [4.69, 9.17) is 4.74 Å². The summed E-state index contributed by atoms with van der Waals surface area (Å²) in [5.74, 6) is -0.0412. The summed E-state index contributed by atoms with van der Waals surface area (Å²) < 4.78 is 5.47. The molecule has 0 aliphatic carbocycles. The number of rotatable bonds is 62. The van der Waals surface area contributed by atoms with Crippen LogP contribution in [0.25, 0.3) is 0 Å². The Hall–Kier alpha value is -1.40. The maximum atomic E-state index is 12.5. The first-order valence-corrected chi connectivity index (χ1v) is 32.9. The van der Waals surface area contributed by atoms with Gasteiger partial charge in [0, 0.05) is 12.8 Å². The van der Waals surface area contributed by atoms with Gasteiger partial charge in [0.1, 0.15) is 0 Å². The first-order chi connectivity index (χ1) is 35.5. The second-order valence-electron chi connectivity index (χ2n) is 22.8. The molecule has 0 aromatic rings. The van der Waals surface area contributed by atoms with Gasteiger partial charge in [-0.1, -0.05) is 321 Å². The lowest BCUT2D eigenvalue weighted by Gasteiger charge is -2.22. The highest BCUT2D eigenvalue weighted by molar-refractivity contribution is 5.76. The first kappa shape index (κ1) is 70.6. The van der Waals surface area contributed by atoms with E-state index in [1.165, 1.54) is 289 Å². The van der Waals surface area contributed by atoms with Crippen molar-refractivity contribution in [2.75, 3.05) is 13.2 Å². The van der Waals surface area contributed by atoms with Gasteiger partial charge in [-0.2, -0.15) is 0 Å². The molecule has 0 aliphatic rings. The van der Waals surface area contributed by atoms with Crippen LogP contribution in [-0.2, 0) is 14.3 Å². The third kappa shape index (κ3) is 57.9. The van der Waals surface area contributed by atoms with E-state index in [-0.39, 0.29) is 18.5 Å². The van der Waals surface area contributed by atoms with Gasteiger partial charge in [-0.3, -0.25) is 9.59 Å². The van der Waals surface area contributed by atoms with Crippen molar-refractivity contribution in [3.8, 4) is 0 Å². The molecule has 0 radical (unpaired) electrons. The fourth-order valence-electron chi connectivity index (χ4n) is 10.5. The van der Waals surface area contributed by atoms with Crippen LogP contribution in [0.4, 0.5) is 0 Å². The van der Waals surface area contributed by atoms with Gasteiger partial charge in [-0.05, 0) is 51.4 Å². The van der Waals surface area contributed by atoms with Crippen molar-refractivity contribution in [2.45, 2.75) is 386 Å². The molecule has 0 saturated carbocycles. The van der Waals surface area contributed by atoms with E-state index in [1.807, 2.05) is 0 Å². The second kappa shape index (κ2) is 62.1. The monoisotopic (exact) mass is 1020 g/mol. The number of aliphatic hydroxyl groups excluding tert-OH is 2. The van der Waals surface area contributed by atoms with Crippen molar-refractivity contribution >= 4 is 11.9 Å². The van der Waals surface area contributed by atoms with Crippen molar-refractivity contribution in [1.29, 1.82) is 0 Å². The number of esters is 1. The summed E-state index contributed by atoms with van der Waals surface area (Å²) >= 11 is 0. The normalized spacial score (nSPS) is 12.6. The molecular weight excluding hydrogens is 887 g/mol. The SMILES string of the molecule is CCCCCCCCCCCCCCCCCCCCCCCCCCCC(O)C(CO)NC(=O)CCCCCCCCC/C=C\CCCCCCCCOC(=O)CCCCCCCCCCCCCCC. The standard InChI is InChI=1S/C66H129NO5/c1-3-5-7-9-11-13-15-17-18-19-20-21-22-23-24-25-26-28-31-35-38-42-46-50-54-58-64(69)63(62-68)67-65(70)59-55-51-47-43-39-36-32-29-27-30-33-37-41-45-49-53-57-61-72-66(71)60-56-52-48-44-40-34-16-14-12-10-8-6-4-2/h27,30,63-64,68-69H,3-26,28-29,31-62H2,1-2H3,(H,67,70)/b30-27-. The molecule has 0 heterocycles. The lowest BCUT2D eigenvalue weighted by atomic mass is 10.0. The van der Waals surface area contributed by atoms with E-state index < -0.39 is 12.1 Å². The predicted molar refractivity (Wildman–Crippen MR) is 315 cm³/mol. The second-order valence-corrected chi connectivity index (χ2v) is 22.8. The highest BCUT2D eigenvalue weighted by atomic mass is 16.5. The smallest absolute Gasteiger partial charge is 0.305 e. The molecule has 2 unspecified atom stereocenters. The molecule has 0 rings (SSSR count). The number of aliphatic hydroxyl groups is 2. The Kier molecular flexibility index (Phi) is 60.9. The third-order valence-electron chi connectivity index (χ3n) is 15.6. The van der Waals surface area contributed by atoms with E-state index >= 15 is 0 Å². The topological polar surface area (TPSA) is 95.9 Å². The Morgan fingerprint density at radius 1 is 0.375 bits per heavy atom. The molecule has 6 heteroatoms. The van der Waals surface area contributed by atoms with Crippen LogP contribution >= 0.6 is 0 Å². The van der Waals surface area contributed by atoms with Crippen molar-refractivity contribution in [1.82, 2.24) is 5.32 Å². The molecular formula is C66H129NO5. The highest BCUT2D eigenvalue weighted by Crippen LogP contribution is 2.19. The maximum Gasteiger partial charge on any atom is 0.305 e. The summed E-state index contributed by atoms with van der Waals surface area (Å²) in [6.45, 7) is 4.97. The number of hydrogen-bond acceptors (Lipinski definition) is 5. The molecule has 6 nitrogen and oxygen atoms in total. The quantitative estimate of drug-likeness (QED) is 0.0320. The molecule has 0 fully saturated rings. The molecule has 0 spiro atoms. The van der Waals surface area contributed by atoms with Crippen LogP contribution in [0, 0.1) is 0 Å². The molecule has 1 amide bonds. The van der Waals surface area contributed by atoms with Crippen LogP contribution in [0.15, 0.2) is 12.2 Å². The van der Waals surface area contributed by atoms with Gasteiger partial charge >= 0.3 is 5.97 Å².